The molecule has 1 aromatic carbocycles. The van der Waals surface area contributed by atoms with Crippen LogP contribution in [0.15, 0.2) is 24.3 Å². The molecule has 0 radical (unpaired) electrons. The molecule has 1 aliphatic rings. The summed E-state index contributed by atoms with van der Waals surface area (Å²) in [5.74, 6) is 0.545. The Labute approximate surface area is 116 Å². The molecule has 3 rings (SSSR count). The van der Waals surface area contributed by atoms with Crippen LogP contribution in [0.2, 0.25) is 0 Å². The number of hydrogen-bond acceptors (Lipinski definition) is 1. The molecule has 1 aliphatic carbocycles. The van der Waals surface area contributed by atoms with Crippen LogP contribution < -0.4 is 5.73 Å². The van der Waals surface area contributed by atoms with Gasteiger partial charge in [0.05, 0.1) is 0 Å². The summed E-state index contributed by atoms with van der Waals surface area (Å²) >= 11 is 0. The molecule has 0 atom stereocenters. The van der Waals surface area contributed by atoms with E-state index in [0.717, 1.165) is 0 Å². The summed E-state index contributed by atoms with van der Waals surface area (Å²) in [6, 6.07) is 8.53. The van der Waals surface area contributed by atoms with E-state index in [1.54, 1.807) is 0 Å². The standard InChI is InChI=1S/C12H16N2.C5H10/c1-8(2)12-6-10-5-9(7-13)3-4-11(10)14-12;1-2-4-5-3-1/h3-6,8,14H,7,13H2,1-2H3;1-5H2. The van der Waals surface area contributed by atoms with Crippen LogP contribution in [0.5, 0.6) is 0 Å². The number of aromatic nitrogens is 1. The molecule has 1 fully saturated rings. The molecule has 19 heavy (non-hydrogen) atoms. The number of hydrogen-bond donors (Lipinski definition) is 2. The van der Waals surface area contributed by atoms with Crippen molar-refractivity contribution in [3.8, 4) is 0 Å². The second kappa shape index (κ2) is 6.76. The number of rotatable bonds is 2. The van der Waals surface area contributed by atoms with Crippen molar-refractivity contribution in [2.45, 2.75) is 58.4 Å². The Bertz CT molecular complexity index is 499. The molecule has 2 aromatic rings. The lowest BCUT2D eigenvalue weighted by molar-refractivity contribution is 0.836. The van der Waals surface area contributed by atoms with Crippen molar-refractivity contribution in [3.63, 3.8) is 0 Å². The second-order valence-electron chi connectivity index (χ2n) is 5.77. The van der Waals surface area contributed by atoms with Gasteiger partial charge in [-0.3, -0.25) is 0 Å². The van der Waals surface area contributed by atoms with E-state index in [0.29, 0.717) is 12.5 Å². The third-order valence-corrected chi connectivity index (χ3v) is 3.81. The molecular formula is C17H26N2. The molecule has 0 saturated heterocycles. The van der Waals surface area contributed by atoms with Gasteiger partial charge in [-0.15, -0.1) is 0 Å². The van der Waals surface area contributed by atoms with Gasteiger partial charge in [0.2, 0.25) is 0 Å². The first-order valence-corrected chi connectivity index (χ1v) is 7.52. The minimum atomic E-state index is 0.545. The zero-order valence-electron chi connectivity index (χ0n) is 12.2. The Morgan fingerprint density at radius 2 is 1.68 bits per heavy atom. The summed E-state index contributed by atoms with van der Waals surface area (Å²) in [6.07, 6.45) is 7.50. The highest BCUT2D eigenvalue weighted by molar-refractivity contribution is 5.81. The Balaban J connectivity index is 0.000000224. The average Bonchev–Trinajstić information content (AvgIpc) is 3.10. The Kier molecular flexibility index (Phi) is 5.03. The number of nitrogens with one attached hydrogen (secondary N) is 1. The fraction of sp³-hybridized carbons (Fsp3) is 0.529. The molecule has 1 saturated carbocycles. The fourth-order valence-corrected chi connectivity index (χ4v) is 2.53. The third kappa shape index (κ3) is 3.84. The smallest absolute Gasteiger partial charge is 0.0456 e. The first kappa shape index (κ1) is 14.1. The van der Waals surface area contributed by atoms with Gasteiger partial charge in [-0.05, 0) is 35.1 Å². The second-order valence-corrected chi connectivity index (χ2v) is 5.77. The van der Waals surface area contributed by atoms with Crippen LogP contribution in [0, 0.1) is 0 Å². The Morgan fingerprint density at radius 1 is 1.05 bits per heavy atom. The van der Waals surface area contributed by atoms with E-state index in [4.69, 9.17) is 5.73 Å². The van der Waals surface area contributed by atoms with Gasteiger partial charge in [-0.2, -0.15) is 0 Å². The van der Waals surface area contributed by atoms with Crippen LogP contribution in [-0.2, 0) is 6.54 Å². The van der Waals surface area contributed by atoms with Crippen LogP contribution >= 0.6 is 0 Å². The maximum Gasteiger partial charge on any atom is 0.0456 e. The Morgan fingerprint density at radius 3 is 2.21 bits per heavy atom. The number of H-pyrrole nitrogens is 1. The van der Waals surface area contributed by atoms with E-state index in [-0.39, 0.29) is 0 Å². The number of aromatic amines is 1. The first-order chi connectivity index (χ1) is 9.20. The molecule has 104 valence electrons. The van der Waals surface area contributed by atoms with Crippen LogP contribution in [0.4, 0.5) is 0 Å². The molecule has 0 aliphatic heterocycles. The normalized spacial score (nSPS) is 14.7. The maximum absolute atomic E-state index is 5.60. The maximum atomic E-state index is 5.60. The molecule has 2 nitrogen and oxygen atoms in total. The molecule has 0 unspecified atom stereocenters. The van der Waals surface area contributed by atoms with E-state index in [9.17, 15) is 0 Å². The van der Waals surface area contributed by atoms with Crippen LogP contribution in [0.1, 0.15) is 63.1 Å². The largest absolute Gasteiger partial charge is 0.358 e. The van der Waals surface area contributed by atoms with Crippen LogP contribution in [-0.4, -0.2) is 4.98 Å². The quantitative estimate of drug-likeness (QED) is 0.805. The van der Waals surface area contributed by atoms with Crippen molar-refractivity contribution in [1.82, 2.24) is 4.98 Å². The number of nitrogens with two attached hydrogens (primary N) is 1. The zero-order chi connectivity index (χ0) is 13.7. The van der Waals surface area contributed by atoms with Crippen molar-refractivity contribution < 1.29 is 0 Å². The predicted octanol–water partition coefficient (Wildman–Crippen LogP) is 4.70. The van der Waals surface area contributed by atoms with Crippen molar-refractivity contribution in [3.05, 3.63) is 35.5 Å². The number of benzene rings is 1. The fourth-order valence-electron chi connectivity index (χ4n) is 2.53. The molecule has 1 aromatic heterocycles. The molecule has 3 N–H and O–H groups in total. The monoisotopic (exact) mass is 258 g/mol. The summed E-state index contributed by atoms with van der Waals surface area (Å²) < 4.78 is 0. The third-order valence-electron chi connectivity index (χ3n) is 3.81. The van der Waals surface area contributed by atoms with E-state index < -0.39 is 0 Å². The molecule has 0 amide bonds. The lowest BCUT2D eigenvalue weighted by atomic mass is 10.1. The van der Waals surface area contributed by atoms with E-state index >= 15 is 0 Å². The van der Waals surface area contributed by atoms with Crippen LogP contribution in [0.25, 0.3) is 10.9 Å². The molecule has 2 heteroatoms. The summed E-state index contributed by atoms with van der Waals surface area (Å²) in [5, 5.41) is 1.26. The molecule has 1 heterocycles. The van der Waals surface area contributed by atoms with Crippen molar-refractivity contribution in [2.75, 3.05) is 0 Å². The zero-order valence-corrected chi connectivity index (χ0v) is 12.2. The van der Waals surface area contributed by atoms with Gasteiger partial charge in [0.25, 0.3) is 0 Å². The lowest BCUT2D eigenvalue weighted by Gasteiger charge is -1.97. The Hall–Kier alpha value is -1.28. The van der Waals surface area contributed by atoms with Gasteiger partial charge >= 0.3 is 0 Å². The summed E-state index contributed by atoms with van der Waals surface area (Å²) in [6.45, 7) is 4.99. The predicted molar refractivity (Wildman–Crippen MR) is 83.4 cm³/mol. The van der Waals surface area contributed by atoms with Crippen molar-refractivity contribution >= 4 is 10.9 Å². The summed E-state index contributed by atoms with van der Waals surface area (Å²) in [4.78, 5) is 3.41. The highest BCUT2D eigenvalue weighted by Crippen LogP contribution is 2.21. The van der Waals surface area contributed by atoms with Gasteiger partial charge in [-0.1, -0.05) is 52.0 Å². The topological polar surface area (TPSA) is 41.8 Å². The van der Waals surface area contributed by atoms with E-state index in [1.165, 1.54) is 54.3 Å². The number of fused-ring (bicyclic) bond motifs is 1. The highest BCUT2D eigenvalue weighted by Gasteiger charge is 2.04. The van der Waals surface area contributed by atoms with Crippen molar-refractivity contribution in [1.29, 1.82) is 0 Å². The van der Waals surface area contributed by atoms with Gasteiger partial charge in [0.15, 0.2) is 0 Å². The highest BCUT2D eigenvalue weighted by atomic mass is 14.7. The van der Waals surface area contributed by atoms with Gasteiger partial charge < -0.3 is 10.7 Å². The summed E-state index contributed by atoms with van der Waals surface area (Å²) in [7, 11) is 0. The molecular weight excluding hydrogens is 232 g/mol. The van der Waals surface area contributed by atoms with E-state index in [1.807, 2.05) is 0 Å². The SMILES string of the molecule is C1CCCC1.CC(C)c1cc2cc(CN)ccc2[nH]1. The molecule has 0 bridgehead atoms. The molecule has 0 spiro atoms. The first-order valence-electron chi connectivity index (χ1n) is 7.52. The minimum absolute atomic E-state index is 0.545. The summed E-state index contributed by atoms with van der Waals surface area (Å²) in [5.41, 5.74) is 9.27. The van der Waals surface area contributed by atoms with Crippen molar-refractivity contribution in [2.24, 2.45) is 5.73 Å². The van der Waals surface area contributed by atoms with Gasteiger partial charge in [0, 0.05) is 17.8 Å². The van der Waals surface area contributed by atoms with Gasteiger partial charge in [0.1, 0.15) is 0 Å². The minimum Gasteiger partial charge on any atom is -0.358 e. The van der Waals surface area contributed by atoms with Crippen LogP contribution in [0.3, 0.4) is 0 Å². The lowest BCUT2D eigenvalue weighted by Crippen LogP contribution is -1.94. The van der Waals surface area contributed by atoms with E-state index in [2.05, 4.69) is 43.1 Å². The van der Waals surface area contributed by atoms with Gasteiger partial charge in [-0.25, -0.2) is 0 Å². The average molecular weight is 258 g/mol.